The number of sulfonamides is 1. The van der Waals surface area contributed by atoms with Crippen LogP contribution in [0.25, 0.3) is 0 Å². The second-order valence-electron chi connectivity index (χ2n) is 6.07. The number of nitrogens with zero attached hydrogens (tertiary/aromatic N) is 3. The molecule has 2 amide bonds. The Bertz CT molecular complexity index is 821. The Labute approximate surface area is 146 Å². The minimum absolute atomic E-state index is 0.103. The quantitative estimate of drug-likeness (QED) is 0.781. The summed E-state index contributed by atoms with van der Waals surface area (Å²) in [6.45, 7) is 1.38. The molecule has 2 aliphatic rings. The first kappa shape index (κ1) is 17.4. The summed E-state index contributed by atoms with van der Waals surface area (Å²) in [6.07, 6.45) is 0.197. The predicted octanol–water partition coefficient (Wildman–Crippen LogP) is -0.473. The van der Waals surface area contributed by atoms with Gasteiger partial charge >= 0.3 is 0 Å². The van der Waals surface area contributed by atoms with Crippen molar-refractivity contribution in [2.24, 2.45) is 5.92 Å². The summed E-state index contributed by atoms with van der Waals surface area (Å²) in [5.74, 6) is -0.580. The highest BCUT2D eigenvalue weighted by Gasteiger charge is 2.35. The van der Waals surface area contributed by atoms with E-state index in [-0.39, 0.29) is 42.1 Å². The molecule has 0 saturated carbocycles. The number of carbonyl (C=O) groups excluding carboxylic acids is 2. The predicted molar refractivity (Wildman–Crippen MR) is 87.6 cm³/mol. The molecule has 2 saturated heterocycles. The number of hydrogen-bond acceptors (Lipinski definition) is 5. The summed E-state index contributed by atoms with van der Waals surface area (Å²) in [7, 11) is -3.64. The standard InChI is InChI=1S/C16H18N4O4S/c17-10-12-1-3-14(4-2-12)25(23,24)20-7-5-19(6-8-20)16(22)13-9-15(21)18-11-13/h1-4,13H,5-9,11H2,(H,18,21). The van der Waals surface area contributed by atoms with Crippen LogP contribution in [0.5, 0.6) is 0 Å². The molecule has 132 valence electrons. The van der Waals surface area contributed by atoms with Gasteiger partial charge in [0.05, 0.1) is 22.4 Å². The Kier molecular flexibility index (Phi) is 4.74. The van der Waals surface area contributed by atoms with Crippen LogP contribution in [0.4, 0.5) is 0 Å². The lowest BCUT2D eigenvalue weighted by molar-refractivity contribution is -0.136. The Morgan fingerprint density at radius 1 is 1.16 bits per heavy atom. The van der Waals surface area contributed by atoms with Gasteiger partial charge in [-0.05, 0) is 24.3 Å². The topological polar surface area (TPSA) is 111 Å². The highest BCUT2D eigenvalue weighted by Crippen LogP contribution is 2.20. The lowest BCUT2D eigenvalue weighted by Crippen LogP contribution is -2.52. The molecule has 25 heavy (non-hydrogen) atoms. The van der Waals surface area contributed by atoms with Gasteiger partial charge in [-0.2, -0.15) is 9.57 Å². The zero-order valence-electron chi connectivity index (χ0n) is 13.5. The molecular weight excluding hydrogens is 344 g/mol. The molecule has 0 spiro atoms. The second kappa shape index (κ2) is 6.82. The van der Waals surface area contributed by atoms with Gasteiger partial charge in [-0.1, -0.05) is 0 Å². The van der Waals surface area contributed by atoms with Gasteiger partial charge < -0.3 is 10.2 Å². The van der Waals surface area contributed by atoms with Crippen LogP contribution < -0.4 is 5.32 Å². The molecule has 0 aromatic heterocycles. The van der Waals surface area contributed by atoms with E-state index in [4.69, 9.17) is 5.26 Å². The first-order valence-corrected chi connectivity index (χ1v) is 9.41. The molecule has 2 aliphatic heterocycles. The van der Waals surface area contributed by atoms with Gasteiger partial charge in [0.1, 0.15) is 0 Å². The van der Waals surface area contributed by atoms with E-state index in [0.29, 0.717) is 25.2 Å². The van der Waals surface area contributed by atoms with Crippen LogP contribution >= 0.6 is 0 Å². The van der Waals surface area contributed by atoms with Gasteiger partial charge in [0.25, 0.3) is 0 Å². The number of nitriles is 1. The molecule has 1 N–H and O–H groups in total. The zero-order chi connectivity index (χ0) is 18.0. The second-order valence-corrected chi connectivity index (χ2v) is 8.01. The first-order valence-electron chi connectivity index (χ1n) is 7.97. The van der Waals surface area contributed by atoms with E-state index in [1.54, 1.807) is 4.90 Å². The number of piperazine rings is 1. The van der Waals surface area contributed by atoms with Crippen LogP contribution in [-0.2, 0) is 19.6 Å². The van der Waals surface area contributed by atoms with Gasteiger partial charge in [0.15, 0.2) is 0 Å². The van der Waals surface area contributed by atoms with E-state index in [1.807, 2.05) is 6.07 Å². The summed E-state index contributed by atoms with van der Waals surface area (Å²) in [6, 6.07) is 7.73. The van der Waals surface area contributed by atoms with Crippen molar-refractivity contribution in [2.45, 2.75) is 11.3 Å². The smallest absolute Gasteiger partial charge is 0.243 e. The minimum atomic E-state index is -3.64. The molecule has 2 fully saturated rings. The molecule has 0 radical (unpaired) electrons. The maximum Gasteiger partial charge on any atom is 0.243 e. The van der Waals surface area contributed by atoms with Crippen molar-refractivity contribution in [2.75, 3.05) is 32.7 Å². The average molecular weight is 362 g/mol. The summed E-state index contributed by atoms with van der Waals surface area (Å²) in [5, 5.41) is 11.4. The number of hydrogen-bond donors (Lipinski definition) is 1. The summed E-state index contributed by atoms with van der Waals surface area (Å²) in [5.41, 5.74) is 0.397. The van der Waals surface area contributed by atoms with Crippen LogP contribution in [0, 0.1) is 17.2 Å². The van der Waals surface area contributed by atoms with Crippen LogP contribution in [0.15, 0.2) is 29.2 Å². The van der Waals surface area contributed by atoms with Crippen molar-refractivity contribution < 1.29 is 18.0 Å². The van der Waals surface area contributed by atoms with Crippen molar-refractivity contribution in [1.82, 2.24) is 14.5 Å². The Balaban J connectivity index is 1.64. The fraction of sp³-hybridized carbons (Fsp3) is 0.438. The molecule has 1 aromatic rings. The number of benzene rings is 1. The van der Waals surface area contributed by atoms with Crippen LogP contribution in [0.3, 0.4) is 0 Å². The van der Waals surface area contributed by atoms with Gasteiger partial charge in [-0.3, -0.25) is 9.59 Å². The number of nitrogens with one attached hydrogen (secondary N) is 1. The molecule has 2 heterocycles. The van der Waals surface area contributed by atoms with Crippen LogP contribution in [0.2, 0.25) is 0 Å². The SMILES string of the molecule is N#Cc1ccc(S(=O)(=O)N2CCN(C(=O)C3CNC(=O)C3)CC2)cc1. The lowest BCUT2D eigenvalue weighted by Gasteiger charge is -2.35. The van der Waals surface area contributed by atoms with Crippen molar-refractivity contribution in [3.63, 3.8) is 0 Å². The maximum atomic E-state index is 12.6. The van der Waals surface area contributed by atoms with E-state index >= 15 is 0 Å². The van der Waals surface area contributed by atoms with E-state index < -0.39 is 10.0 Å². The van der Waals surface area contributed by atoms with E-state index in [9.17, 15) is 18.0 Å². The molecule has 1 atom stereocenters. The first-order chi connectivity index (χ1) is 11.9. The van der Waals surface area contributed by atoms with Crippen molar-refractivity contribution in [3.8, 4) is 6.07 Å². The molecule has 0 aliphatic carbocycles. The molecule has 0 bridgehead atoms. The van der Waals surface area contributed by atoms with Crippen LogP contribution in [0.1, 0.15) is 12.0 Å². The molecule has 1 unspecified atom stereocenters. The fourth-order valence-electron chi connectivity index (χ4n) is 3.04. The van der Waals surface area contributed by atoms with Gasteiger partial charge in [0.2, 0.25) is 21.8 Å². The number of amides is 2. The average Bonchev–Trinajstić information content (AvgIpc) is 3.07. The van der Waals surface area contributed by atoms with E-state index in [0.717, 1.165) is 0 Å². The lowest BCUT2D eigenvalue weighted by atomic mass is 10.1. The maximum absolute atomic E-state index is 12.6. The third kappa shape index (κ3) is 3.50. The minimum Gasteiger partial charge on any atom is -0.355 e. The Hall–Kier alpha value is -2.44. The highest BCUT2D eigenvalue weighted by molar-refractivity contribution is 7.89. The summed E-state index contributed by atoms with van der Waals surface area (Å²) in [4.78, 5) is 25.4. The number of rotatable bonds is 3. The third-order valence-electron chi connectivity index (χ3n) is 4.50. The van der Waals surface area contributed by atoms with Crippen molar-refractivity contribution in [3.05, 3.63) is 29.8 Å². The monoisotopic (exact) mass is 362 g/mol. The summed E-state index contributed by atoms with van der Waals surface area (Å²) < 4.78 is 26.6. The fourth-order valence-corrected chi connectivity index (χ4v) is 4.46. The third-order valence-corrected chi connectivity index (χ3v) is 6.41. The van der Waals surface area contributed by atoms with E-state index in [2.05, 4.69) is 5.32 Å². The summed E-state index contributed by atoms with van der Waals surface area (Å²) >= 11 is 0. The molecule has 1 aromatic carbocycles. The van der Waals surface area contributed by atoms with Crippen LogP contribution in [-0.4, -0.2) is 62.2 Å². The van der Waals surface area contributed by atoms with Gasteiger partial charge in [-0.25, -0.2) is 8.42 Å². The zero-order valence-corrected chi connectivity index (χ0v) is 14.3. The number of carbonyl (C=O) groups is 2. The molecule has 3 rings (SSSR count). The molecule has 8 nitrogen and oxygen atoms in total. The van der Waals surface area contributed by atoms with Gasteiger partial charge in [-0.15, -0.1) is 0 Å². The van der Waals surface area contributed by atoms with E-state index in [1.165, 1.54) is 28.6 Å². The van der Waals surface area contributed by atoms with Crippen molar-refractivity contribution >= 4 is 21.8 Å². The Morgan fingerprint density at radius 2 is 1.80 bits per heavy atom. The molecular formula is C16H18N4O4S. The highest BCUT2D eigenvalue weighted by atomic mass is 32.2. The largest absolute Gasteiger partial charge is 0.355 e. The normalized spacial score (nSPS) is 21.6. The van der Waals surface area contributed by atoms with Crippen molar-refractivity contribution in [1.29, 1.82) is 5.26 Å². The molecule has 9 heteroatoms. The Morgan fingerprint density at radius 3 is 2.32 bits per heavy atom. The van der Waals surface area contributed by atoms with Gasteiger partial charge in [0, 0.05) is 39.1 Å².